The summed E-state index contributed by atoms with van der Waals surface area (Å²) in [6.07, 6.45) is 2.28. The molecule has 0 aromatic rings. The fourth-order valence-electron chi connectivity index (χ4n) is 2.34. The van der Waals surface area contributed by atoms with E-state index in [9.17, 15) is 5.11 Å². The third kappa shape index (κ3) is 8.20. The van der Waals surface area contributed by atoms with Gasteiger partial charge in [0.15, 0.2) is 0 Å². The van der Waals surface area contributed by atoms with Crippen LogP contribution in [0, 0.1) is 5.41 Å². The number of hydrogen-bond acceptors (Lipinski definition) is 4. The van der Waals surface area contributed by atoms with Crippen molar-refractivity contribution >= 4 is 0 Å². The molecule has 0 amide bonds. The normalized spacial score (nSPS) is 13.2. The summed E-state index contributed by atoms with van der Waals surface area (Å²) in [6.45, 7) is 15.7. The van der Waals surface area contributed by atoms with E-state index in [4.69, 9.17) is 4.74 Å². The highest BCUT2D eigenvalue weighted by Gasteiger charge is 2.29. The van der Waals surface area contributed by atoms with Crippen molar-refractivity contribution in [2.24, 2.45) is 5.41 Å². The average molecular weight is 288 g/mol. The molecular formula is C16H36N2O2. The Hall–Kier alpha value is -0.160. The summed E-state index contributed by atoms with van der Waals surface area (Å²) in [5.41, 5.74) is 0.403. The van der Waals surface area contributed by atoms with Gasteiger partial charge < -0.3 is 15.2 Å². The second-order valence-corrected chi connectivity index (χ2v) is 6.80. The lowest BCUT2D eigenvalue weighted by molar-refractivity contribution is 0.0805. The van der Waals surface area contributed by atoms with Crippen LogP contribution < -0.4 is 5.32 Å². The predicted octanol–water partition coefficient (Wildman–Crippen LogP) is 2.12. The Balaban J connectivity index is 4.67. The molecule has 0 fully saturated rings. The SMILES string of the molecule is CCC(CC)(CNC(C)(C)C)CN(CCO)CCOC. The number of methoxy groups -OCH3 is 1. The van der Waals surface area contributed by atoms with Gasteiger partial charge in [0.05, 0.1) is 13.2 Å². The molecule has 0 aromatic carbocycles. The average Bonchev–Trinajstić information content (AvgIpc) is 2.40. The van der Waals surface area contributed by atoms with E-state index in [1.807, 2.05) is 0 Å². The Morgan fingerprint density at radius 3 is 2.10 bits per heavy atom. The van der Waals surface area contributed by atoms with E-state index in [2.05, 4.69) is 44.8 Å². The molecule has 0 aliphatic rings. The first-order valence-electron chi connectivity index (χ1n) is 7.89. The van der Waals surface area contributed by atoms with Crippen LogP contribution in [0.3, 0.4) is 0 Å². The van der Waals surface area contributed by atoms with Crippen LogP contribution >= 0.6 is 0 Å². The molecule has 0 rings (SSSR count). The van der Waals surface area contributed by atoms with Crippen LogP contribution in [0.4, 0.5) is 0 Å². The number of ether oxygens (including phenoxy) is 1. The highest BCUT2D eigenvalue weighted by Crippen LogP contribution is 2.27. The van der Waals surface area contributed by atoms with Gasteiger partial charge in [-0.1, -0.05) is 13.8 Å². The summed E-state index contributed by atoms with van der Waals surface area (Å²) in [5.74, 6) is 0. The van der Waals surface area contributed by atoms with Gasteiger partial charge in [-0.2, -0.15) is 0 Å². The lowest BCUT2D eigenvalue weighted by atomic mass is 9.81. The highest BCUT2D eigenvalue weighted by atomic mass is 16.5. The van der Waals surface area contributed by atoms with Crippen LogP contribution in [0.5, 0.6) is 0 Å². The van der Waals surface area contributed by atoms with Gasteiger partial charge in [0.1, 0.15) is 0 Å². The Morgan fingerprint density at radius 1 is 1.10 bits per heavy atom. The van der Waals surface area contributed by atoms with Gasteiger partial charge in [0.25, 0.3) is 0 Å². The Kier molecular flexibility index (Phi) is 9.64. The molecule has 4 nitrogen and oxygen atoms in total. The van der Waals surface area contributed by atoms with Crippen LogP contribution in [-0.4, -0.2) is 62.0 Å². The third-order valence-electron chi connectivity index (χ3n) is 4.08. The highest BCUT2D eigenvalue weighted by molar-refractivity contribution is 4.86. The van der Waals surface area contributed by atoms with Crippen molar-refractivity contribution in [1.29, 1.82) is 0 Å². The zero-order chi connectivity index (χ0) is 15.6. The number of nitrogens with one attached hydrogen (secondary N) is 1. The van der Waals surface area contributed by atoms with Crippen molar-refractivity contribution < 1.29 is 9.84 Å². The molecule has 4 heteroatoms. The first kappa shape index (κ1) is 19.8. The molecule has 122 valence electrons. The molecule has 0 radical (unpaired) electrons. The Morgan fingerprint density at radius 2 is 1.70 bits per heavy atom. The van der Waals surface area contributed by atoms with Crippen LogP contribution in [0.25, 0.3) is 0 Å². The molecule has 0 aliphatic carbocycles. The number of nitrogens with zero attached hydrogens (tertiary/aromatic N) is 1. The fourth-order valence-corrected chi connectivity index (χ4v) is 2.34. The second-order valence-electron chi connectivity index (χ2n) is 6.80. The van der Waals surface area contributed by atoms with Crippen molar-refractivity contribution in [2.75, 3.05) is 46.5 Å². The third-order valence-corrected chi connectivity index (χ3v) is 4.08. The van der Waals surface area contributed by atoms with Crippen molar-refractivity contribution in [1.82, 2.24) is 10.2 Å². The summed E-state index contributed by atoms with van der Waals surface area (Å²) < 4.78 is 5.18. The van der Waals surface area contributed by atoms with Gasteiger partial charge >= 0.3 is 0 Å². The van der Waals surface area contributed by atoms with Crippen LogP contribution in [0.15, 0.2) is 0 Å². The lowest BCUT2D eigenvalue weighted by Gasteiger charge is -2.39. The van der Waals surface area contributed by atoms with Gasteiger partial charge in [0.2, 0.25) is 0 Å². The van der Waals surface area contributed by atoms with E-state index in [1.165, 1.54) is 0 Å². The summed E-state index contributed by atoms with van der Waals surface area (Å²) >= 11 is 0. The van der Waals surface area contributed by atoms with Crippen molar-refractivity contribution in [3.8, 4) is 0 Å². The Bertz CT molecular complexity index is 235. The molecule has 0 atom stereocenters. The first-order valence-corrected chi connectivity index (χ1v) is 7.89. The van der Waals surface area contributed by atoms with Crippen molar-refractivity contribution in [2.45, 2.75) is 53.0 Å². The minimum absolute atomic E-state index is 0.143. The molecule has 20 heavy (non-hydrogen) atoms. The number of aliphatic hydroxyl groups is 1. The summed E-state index contributed by atoms with van der Waals surface area (Å²) in [7, 11) is 1.73. The smallest absolute Gasteiger partial charge is 0.0589 e. The van der Waals surface area contributed by atoms with E-state index < -0.39 is 0 Å². The Labute approximate surface area is 125 Å². The van der Waals surface area contributed by atoms with E-state index in [1.54, 1.807) is 7.11 Å². The summed E-state index contributed by atoms with van der Waals surface area (Å²) in [5, 5.41) is 12.9. The molecule has 0 heterocycles. The molecule has 0 spiro atoms. The van der Waals surface area contributed by atoms with Gasteiger partial charge in [-0.05, 0) is 39.0 Å². The van der Waals surface area contributed by atoms with Crippen molar-refractivity contribution in [3.05, 3.63) is 0 Å². The van der Waals surface area contributed by atoms with Crippen molar-refractivity contribution in [3.63, 3.8) is 0 Å². The lowest BCUT2D eigenvalue weighted by Crippen LogP contribution is -2.49. The maximum absolute atomic E-state index is 9.24. The zero-order valence-electron chi connectivity index (χ0n) is 14.5. The molecule has 0 aromatic heterocycles. The van der Waals surface area contributed by atoms with E-state index in [0.717, 1.165) is 45.6 Å². The van der Waals surface area contributed by atoms with E-state index >= 15 is 0 Å². The fraction of sp³-hybridized carbons (Fsp3) is 1.00. The molecular weight excluding hydrogens is 252 g/mol. The van der Waals surface area contributed by atoms with E-state index in [0.29, 0.717) is 0 Å². The number of aliphatic hydroxyl groups excluding tert-OH is 1. The summed E-state index contributed by atoms with van der Waals surface area (Å²) in [4.78, 5) is 2.32. The number of hydrogen-bond donors (Lipinski definition) is 2. The topological polar surface area (TPSA) is 44.7 Å². The van der Waals surface area contributed by atoms with E-state index in [-0.39, 0.29) is 17.6 Å². The standard InChI is InChI=1S/C16H36N2O2/c1-7-16(8-2,13-17-15(3,4)5)14-18(9-11-19)10-12-20-6/h17,19H,7-14H2,1-6H3. The van der Waals surface area contributed by atoms with Gasteiger partial charge in [-0.15, -0.1) is 0 Å². The first-order chi connectivity index (χ1) is 9.32. The van der Waals surface area contributed by atoms with Crippen LogP contribution in [0.2, 0.25) is 0 Å². The molecule has 0 saturated heterocycles. The van der Waals surface area contributed by atoms with Crippen LogP contribution in [0.1, 0.15) is 47.5 Å². The zero-order valence-corrected chi connectivity index (χ0v) is 14.5. The molecule has 0 aliphatic heterocycles. The molecule has 0 bridgehead atoms. The monoisotopic (exact) mass is 288 g/mol. The summed E-state index contributed by atoms with van der Waals surface area (Å²) in [6, 6.07) is 0. The van der Waals surface area contributed by atoms with Crippen LogP contribution in [-0.2, 0) is 4.74 Å². The minimum atomic E-state index is 0.143. The quantitative estimate of drug-likeness (QED) is 0.611. The molecule has 0 unspecified atom stereocenters. The molecule has 2 N–H and O–H groups in total. The van der Waals surface area contributed by atoms with Gasteiger partial charge in [0, 0.05) is 38.8 Å². The minimum Gasteiger partial charge on any atom is -0.395 e. The van der Waals surface area contributed by atoms with Gasteiger partial charge in [-0.3, -0.25) is 4.90 Å². The van der Waals surface area contributed by atoms with Gasteiger partial charge in [-0.25, -0.2) is 0 Å². The molecule has 0 saturated carbocycles. The maximum atomic E-state index is 9.24. The number of rotatable bonds is 11. The second kappa shape index (κ2) is 9.72. The maximum Gasteiger partial charge on any atom is 0.0589 e. The predicted molar refractivity (Wildman–Crippen MR) is 86.2 cm³/mol. The largest absolute Gasteiger partial charge is 0.395 e.